The Labute approximate surface area is 124 Å². The number of nitrogens with zero attached hydrogens (tertiary/aromatic N) is 1. The van der Waals surface area contributed by atoms with Crippen molar-refractivity contribution in [3.8, 4) is 0 Å². The van der Waals surface area contributed by atoms with Gasteiger partial charge in [-0.05, 0) is 36.6 Å². The lowest BCUT2D eigenvalue weighted by Crippen LogP contribution is -2.20. The van der Waals surface area contributed by atoms with Gasteiger partial charge >= 0.3 is 0 Å². The van der Waals surface area contributed by atoms with Crippen LogP contribution < -0.4 is 10.2 Å². The number of hydrogen-bond acceptors (Lipinski definition) is 3. The standard InChI is InChI=1S/C17H30N2O/c1-5-6-7-11-19(3)17-9-8-16(15(2)13-17)14-18-10-12-20-4/h8-9,13,18H,5-7,10-12,14H2,1-4H3. The van der Waals surface area contributed by atoms with Crippen LogP contribution in [0.25, 0.3) is 0 Å². The molecule has 114 valence electrons. The number of methoxy groups -OCH3 is 1. The largest absolute Gasteiger partial charge is 0.383 e. The van der Waals surface area contributed by atoms with Crippen LogP contribution in [0.4, 0.5) is 5.69 Å². The summed E-state index contributed by atoms with van der Waals surface area (Å²) in [5.41, 5.74) is 4.04. The fourth-order valence-corrected chi connectivity index (χ4v) is 2.24. The summed E-state index contributed by atoms with van der Waals surface area (Å²) in [7, 11) is 3.91. The molecule has 0 amide bonds. The van der Waals surface area contributed by atoms with Crippen LogP contribution in [0.1, 0.15) is 37.3 Å². The molecule has 3 nitrogen and oxygen atoms in total. The fraction of sp³-hybridized carbons (Fsp3) is 0.647. The van der Waals surface area contributed by atoms with Crippen molar-refractivity contribution in [3.63, 3.8) is 0 Å². The Morgan fingerprint density at radius 3 is 2.70 bits per heavy atom. The molecule has 0 aliphatic heterocycles. The molecule has 0 aliphatic carbocycles. The van der Waals surface area contributed by atoms with Crippen molar-refractivity contribution in [2.45, 2.75) is 39.7 Å². The van der Waals surface area contributed by atoms with Crippen molar-refractivity contribution in [2.24, 2.45) is 0 Å². The molecule has 0 aromatic heterocycles. The van der Waals surface area contributed by atoms with E-state index in [0.717, 1.165) is 26.2 Å². The maximum Gasteiger partial charge on any atom is 0.0587 e. The molecule has 1 rings (SSSR count). The van der Waals surface area contributed by atoms with Gasteiger partial charge in [-0.3, -0.25) is 0 Å². The average Bonchev–Trinajstić information content (AvgIpc) is 2.45. The molecule has 0 bridgehead atoms. The Bertz CT molecular complexity index is 379. The summed E-state index contributed by atoms with van der Waals surface area (Å²) in [6, 6.07) is 6.76. The molecule has 3 heteroatoms. The SMILES string of the molecule is CCCCCN(C)c1ccc(CNCCOC)c(C)c1. The third-order valence-electron chi connectivity index (χ3n) is 3.66. The van der Waals surface area contributed by atoms with E-state index in [1.54, 1.807) is 7.11 Å². The van der Waals surface area contributed by atoms with Crippen LogP contribution in [0.15, 0.2) is 18.2 Å². The van der Waals surface area contributed by atoms with Gasteiger partial charge in [0.05, 0.1) is 6.61 Å². The molecule has 1 N–H and O–H groups in total. The van der Waals surface area contributed by atoms with Gasteiger partial charge in [-0.1, -0.05) is 25.8 Å². The first-order chi connectivity index (χ1) is 9.69. The zero-order chi connectivity index (χ0) is 14.8. The molecule has 0 saturated heterocycles. The van der Waals surface area contributed by atoms with Gasteiger partial charge in [0.2, 0.25) is 0 Å². The number of anilines is 1. The van der Waals surface area contributed by atoms with Crippen LogP contribution in [0, 0.1) is 6.92 Å². The molecule has 0 saturated carbocycles. The normalized spacial score (nSPS) is 10.8. The minimum Gasteiger partial charge on any atom is -0.383 e. The van der Waals surface area contributed by atoms with Crippen molar-refractivity contribution in [3.05, 3.63) is 29.3 Å². The van der Waals surface area contributed by atoms with Gasteiger partial charge in [-0.25, -0.2) is 0 Å². The Morgan fingerprint density at radius 2 is 2.05 bits per heavy atom. The van der Waals surface area contributed by atoms with Crippen molar-refractivity contribution in [1.82, 2.24) is 5.32 Å². The van der Waals surface area contributed by atoms with E-state index in [0.29, 0.717) is 0 Å². The first-order valence-corrected chi connectivity index (χ1v) is 7.69. The van der Waals surface area contributed by atoms with Crippen LogP contribution in [0.3, 0.4) is 0 Å². The maximum absolute atomic E-state index is 5.04. The van der Waals surface area contributed by atoms with E-state index in [9.17, 15) is 0 Å². The summed E-state index contributed by atoms with van der Waals surface area (Å²) >= 11 is 0. The molecule has 0 heterocycles. The first-order valence-electron chi connectivity index (χ1n) is 7.69. The molecule has 0 aliphatic rings. The lowest BCUT2D eigenvalue weighted by Gasteiger charge is -2.20. The fourth-order valence-electron chi connectivity index (χ4n) is 2.24. The van der Waals surface area contributed by atoms with Crippen LogP contribution in [0.5, 0.6) is 0 Å². The molecule has 0 atom stereocenters. The number of hydrogen-bond donors (Lipinski definition) is 1. The minimum atomic E-state index is 0.761. The summed E-state index contributed by atoms with van der Waals surface area (Å²) in [6.45, 7) is 8.14. The number of nitrogens with one attached hydrogen (secondary N) is 1. The lowest BCUT2D eigenvalue weighted by molar-refractivity contribution is 0.199. The van der Waals surface area contributed by atoms with Gasteiger partial charge in [-0.15, -0.1) is 0 Å². The van der Waals surface area contributed by atoms with E-state index in [-0.39, 0.29) is 0 Å². The highest BCUT2D eigenvalue weighted by atomic mass is 16.5. The molecule has 20 heavy (non-hydrogen) atoms. The zero-order valence-electron chi connectivity index (χ0n) is 13.5. The van der Waals surface area contributed by atoms with Gasteiger partial charge in [0.25, 0.3) is 0 Å². The molecule has 1 aromatic carbocycles. The molecule has 1 aromatic rings. The van der Waals surface area contributed by atoms with E-state index >= 15 is 0 Å². The van der Waals surface area contributed by atoms with Gasteiger partial charge in [0, 0.05) is 39.5 Å². The third kappa shape index (κ3) is 5.93. The van der Waals surface area contributed by atoms with Crippen LogP contribution in [0.2, 0.25) is 0 Å². The maximum atomic E-state index is 5.04. The topological polar surface area (TPSA) is 24.5 Å². The van der Waals surface area contributed by atoms with Crippen molar-refractivity contribution in [2.75, 3.05) is 38.8 Å². The molecule has 0 fully saturated rings. The molecule has 0 spiro atoms. The van der Waals surface area contributed by atoms with Gasteiger partial charge < -0.3 is 15.0 Å². The predicted molar refractivity (Wildman–Crippen MR) is 87.6 cm³/mol. The monoisotopic (exact) mass is 278 g/mol. The Kier molecular flexibility index (Phi) is 8.31. The van der Waals surface area contributed by atoms with Crippen LogP contribution in [-0.4, -0.2) is 33.9 Å². The summed E-state index contributed by atoms with van der Waals surface area (Å²) in [6.07, 6.45) is 3.86. The summed E-state index contributed by atoms with van der Waals surface area (Å²) in [5.74, 6) is 0. The molecule has 0 unspecified atom stereocenters. The van der Waals surface area contributed by atoms with Gasteiger partial charge in [0.15, 0.2) is 0 Å². The Morgan fingerprint density at radius 1 is 1.25 bits per heavy atom. The van der Waals surface area contributed by atoms with Crippen LogP contribution in [-0.2, 0) is 11.3 Å². The van der Waals surface area contributed by atoms with E-state index in [4.69, 9.17) is 4.74 Å². The lowest BCUT2D eigenvalue weighted by atomic mass is 10.1. The summed E-state index contributed by atoms with van der Waals surface area (Å²) < 4.78 is 5.04. The van der Waals surface area contributed by atoms with E-state index in [2.05, 4.69) is 49.3 Å². The Balaban J connectivity index is 2.49. The molecule has 0 radical (unpaired) electrons. The Hall–Kier alpha value is -1.06. The quantitative estimate of drug-likeness (QED) is 0.664. The molecular weight excluding hydrogens is 248 g/mol. The van der Waals surface area contributed by atoms with E-state index in [1.807, 2.05) is 0 Å². The van der Waals surface area contributed by atoms with Crippen molar-refractivity contribution >= 4 is 5.69 Å². The number of benzene rings is 1. The second-order valence-electron chi connectivity index (χ2n) is 5.41. The third-order valence-corrected chi connectivity index (χ3v) is 3.66. The first kappa shape index (κ1) is 17.0. The number of aryl methyl sites for hydroxylation is 1. The summed E-state index contributed by atoms with van der Waals surface area (Å²) in [5, 5.41) is 3.40. The van der Waals surface area contributed by atoms with Crippen molar-refractivity contribution < 1.29 is 4.74 Å². The van der Waals surface area contributed by atoms with Crippen LogP contribution >= 0.6 is 0 Å². The number of rotatable bonds is 10. The van der Waals surface area contributed by atoms with Gasteiger partial charge in [-0.2, -0.15) is 0 Å². The smallest absolute Gasteiger partial charge is 0.0587 e. The van der Waals surface area contributed by atoms with Crippen molar-refractivity contribution in [1.29, 1.82) is 0 Å². The highest BCUT2D eigenvalue weighted by Crippen LogP contribution is 2.18. The number of unbranched alkanes of at least 4 members (excludes halogenated alkanes) is 2. The second-order valence-corrected chi connectivity index (χ2v) is 5.41. The summed E-state index contributed by atoms with van der Waals surface area (Å²) in [4.78, 5) is 2.35. The minimum absolute atomic E-state index is 0.761. The zero-order valence-corrected chi connectivity index (χ0v) is 13.5. The predicted octanol–water partition coefficient (Wildman–Crippen LogP) is 3.36. The van der Waals surface area contributed by atoms with E-state index < -0.39 is 0 Å². The second kappa shape index (κ2) is 9.78. The highest BCUT2D eigenvalue weighted by molar-refractivity contribution is 5.50. The molecular formula is C17H30N2O. The highest BCUT2D eigenvalue weighted by Gasteiger charge is 2.04. The van der Waals surface area contributed by atoms with Gasteiger partial charge in [0.1, 0.15) is 0 Å². The van der Waals surface area contributed by atoms with E-state index in [1.165, 1.54) is 36.1 Å². The average molecular weight is 278 g/mol. The number of ether oxygens (including phenoxy) is 1.